The van der Waals surface area contributed by atoms with E-state index in [0.29, 0.717) is 19.6 Å². The predicted octanol–water partition coefficient (Wildman–Crippen LogP) is 1.04. The maximum absolute atomic E-state index is 13.1. The molecule has 1 atom stereocenters. The molecule has 0 aromatic rings. The fraction of sp³-hybridized carbons (Fsp3) is 0.857. The summed E-state index contributed by atoms with van der Waals surface area (Å²) in [6.45, 7) is 11.1. The molecule has 3 rings (SSSR count). The van der Waals surface area contributed by atoms with Crippen LogP contribution in [0.15, 0.2) is 0 Å². The highest BCUT2D eigenvalue weighted by atomic mass is 16.2. The second kappa shape index (κ2) is 8.39. The number of hydrogen-bond donors (Lipinski definition) is 0. The van der Waals surface area contributed by atoms with Crippen molar-refractivity contribution in [3.63, 3.8) is 0 Å². The van der Waals surface area contributed by atoms with Crippen LogP contribution >= 0.6 is 0 Å². The molecule has 0 saturated carbocycles. The average Bonchev–Trinajstić information content (AvgIpc) is 3.16. The number of amides is 3. The number of likely N-dealkylation sites (N-methyl/N-ethyl adjacent to an activating group) is 1. The second-order valence-corrected chi connectivity index (χ2v) is 9.63. The summed E-state index contributed by atoms with van der Waals surface area (Å²) in [6, 6.07) is -0.323. The van der Waals surface area contributed by atoms with E-state index < -0.39 is 5.41 Å². The quantitative estimate of drug-likeness (QED) is 0.704. The highest BCUT2D eigenvalue weighted by Gasteiger charge is 2.41. The van der Waals surface area contributed by atoms with Crippen molar-refractivity contribution >= 4 is 17.7 Å². The molecule has 3 aliphatic rings. The van der Waals surface area contributed by atoms with Crippen LogP contribution in [0.5, 0.6) is 0 Å². The van der Waals surface area contributed by atoms with Crippen molar-refractivity contribution in [1.82, 2.24) is 19.6 Å². The third-order valence-electron chi connectivity index (χ3n) is 6.41. The van der Waals surface area contributed by atoms with Gasteiger partial charge in [0.15, 0.2) is 0 Å². The molecule has 0 aliphatic carbocycles. The maximum Gasteiger partial charge on any atom is 0.245 e. The Morgan fingerprint density at radius 2 is 1.32 bits per heavy atom. The molecule has 0 bridgehead atoms. The molecule has 0 radical (unpaired) electrons. The predicted molar refractivity (Wildman–Crippen MR) is 108 cm³/mol. The second-order valence-electron chi connectivity index (χ2n) is 9.63. The summed E-state index contributed by atoms with van der Waals surface area (Å²) in [5.41, 5.74) is -0.467. The largest absolute Gasteiger partial charge is 0.341 e. The Hall–Kier alpha value is -1.63. The van der Waals surface area contributed by atoms with Crippen molar-refractivity contribution in [2.24, 2.45) is 11.3 Å². The van der Waals surface area contributed by atoms with Gasteiger partial charge in [-0.2, -0.15) is 0 Å². The molecular weight excluding hydrogens is 356 g/mol. The normalized spacial score (nSPS) is 25.3. The van der Waals surface area contributed by atoms with Gasteiger partial charge in [-0.25, -0.2) is 0 Å². The molecule has 3 heterocycles. The zero-order valence-corrected chi connectivity index (χ0v) is 17.9. The zero-order valence-electron chi connectivity index (χ0n) is 17.9. The number of rotatable bonds is 2. The Balaban J connectivity index is 1.53. The Bertz CT molecular complexity index is 599. The summed E-state index contributed by atoms with van der Waals surface area (Å²) in [4.78, 5) is 46.5. The summed E-state index contributed by atoms with van der Waals surface area (Å²) in [5, 5.41) is 0. The van der Waals surface area contributed by atoms with E-state index in [9.17, 15) is 14.4 Å². The first-order valence-corrected chi connectivity index (χ1v) is 10.8. The van der Waals surface area contributed by atoms with Gasteiger partial charge in [0.05, 0.1) is 0 Å². The molecule has 3 aliphatic heterocycles. The Morgan fingerprint density at radius 3 is 1.89 bits per heavy atom. The van der Waals surface area contributed by atoms with Crippen molar-refractivity contribution in [2.75, 3.05) is 52.9 Å². The van der Waals surface area contributed by atoms with Crippen LogP contribution in [0.25, 0.3) is 0 Å². The van der Waals surface area contributed by atoms with Crippen LogP contribution in [0.2, 0.25) is 0 Å². The van der Waals surface area contributed by atoms with E-state index in [1.807, 2.05) is 30.6 Å². The third-order valence-corrected chi connectivity index (χ3v) is 6.41. The van der Waals surface area contributed by atoms with Crippen LogP contribution in [0.3, 0.4) is 0 Å². The molecule has 158 valence electrons. The van der Waals surface area contributed by atoms with Crippen molar-refractivity contribution in [2.45, 2.75) is 52.5 Å². The number of carbonyl (C=O) groups excluding carboxylic acids is 3. The van der Waals surface area contributed by atoms with Crippen LogP contribution < -0.4 is 0 Å². The number of hydrogen-bond acceptors (Lipinski definition) is 4. The fourth-order valence-corrected chi connectivity index (χ4v) is 4.54. The number of piperazine rings is 1. The molecule has 0 spiro atoms. The van der Waals surface area contributed by atoms with Crippen LogP contribution in [0, 0.1) is 11.3 Å². The average molecular weight is 393 g/mol. The molecule has 28 heavy (non-hydrogen) atoms. The van der Waals surface area contributed by atoms with Crippen LogP contribution in [0.1, 0.15) is 46.5 Å². The molecule has 0 aromatic carbocycles. The molecule has 3 fully saturated rings. The molecule has 7 heteroatoms. The van der Waals surface area contributed by atoms with Gasteiger partial charge in [0.2, 0.25) is 17.7 Å². The number of piperidine rings is 1. The minimum atomic E-state index is -0.467. The van der Waals surface area contributed by atoms with Gasteiger partial charge in [-0.05, 0) is 32.7 Å². The minimum absolute atomic E-state index is 0.0309. The van der Waals surface area contributed by atoms with Gasteiger partial charge < -0.3 is 19.6 Å². The monoisotopic (exact) mass is 392 g/mol. The van der Waals surface area contributed by atoms with Crippen molar-refractivity contribution in [1.29, 1.82) is 0 Å². The smallest absolute Gasteiger partial charge is 0.245 e. The fourth-order valence-electron chi connectivity index (χ4n) is 4.54. The highest BCUT2D eigenvalue weighted by molar-refractivity contribution is 5.90. The first kappa shape index (κ1) is 21.1. The van der Waals surface area contributed by atoms with Crippen molar-refractivity contribution in [3.05, 3.63) is 0 Å². The summed E-state index contributed by atoms with van der Waals surface area (Å²) in [7, 11) is 2.09. The van der Waals surface area contributed by atoms with Gasteiger partial charge in [-0.1, -0.05) is 20.8 Å². The standard InChI is InChI=1S/C21H36N4O3/c1-21(2,3)20(28)25-9-5-6-17(25)19(27)23-10-7-16(8-11-23)18(26)24-14-12-22(4)13-15-24/h16-17H,5-15H2,1-4H3. The number of nitrogens with zero attached hydrogens (tertiary/aromatic N) is 4. The molecule has 3 amide bonds. The van der Waals surface area contributed by atoms with Gasteiger partial charge in [0, 0.05) is 57.1 Å². The van der Waals surface area contributed by atoms with Crippen LogP contribution in [-0.2, 0) is 14.4 Å². The Labute approximate surface area is 169 Å². The Morgan fingerprint density at radius 1 is 0.750 bits per heavy atom. The van der Waals surface area contributed by atoms with Gasteiger partial charge in [-0.15, -0.1) is 0 Å². The summed E-state index contributed by atoms with van der Waals surface area (Å²) >= 11 is 0. The van der Waals surface area contributed by atoms with Crippen molar-refractivity contribution in [3.8, 4) is 0 Å². The van der Waals surface area contributed by atoms with Crippen molar-refractivity contribution < 1.29 is 14.4 Å². The molecule has 1 unspecified atom stereocenters. The number of carbonyl (C=O) groups is 3. The summed E-state index contributed by atoms with van der Waals surface area (Å²) in [6.07, 6.45) is 3.10. The minimum Gasteiger partial charge on any atom is -0.341 e. The van der Waals surface area contributed by atoms with Gasteiger partial charge in [0.25, 0.3) is 0 Å². The summed E-state index contributed by atoms with van der Waals surface area (Å²) in [5.74, 6) is 0.415. The lowest BCUT2D eigenvalue weighted by molar-refractivity contribution is -0.150. The van der Waals surface area contributed by atoms with E-state index in [2.05, 4.69) is 11.9 Å². The number of likely N-dealkylation sites (tertiary alicyclic amines) is 2. The van der Waals surface area contributed by atoms with Gasteiger partial charge in [0.1, 0.15) is 6.04 Å². The van der Waals surface area contributed by atoms with E-state index in [-0.39, 0.29) is 29.7 Å². The van der Waals surface area contributed by atoms with E-state index in [4.69, 9.17) is 0 Å². The molecule has 0 N–H and O–H groups in total. The first-order chi connectivity index (χ1) is 13.2. The lowest BCUT2D eigenvalue weighted by Crippen LogP contribution is -2.54. The van der Waals surface area contributed by atoms with Gasteiger partial charge >= 0.3 is 0 Å². The first-order valence-electron chi connectivity index (χ1n) is 10.8. The topological polar surface area (TPSA) is 64.2 Å². The van der Waals surface area contributed by atoms with E-state index in [0.717, 1.165) is 51.9 Å². The lowest BCUT2D eigenvalue weighted by atomic mass is 9.93. The Kier molecular flexibility index (Phi) is 6.32. The van der Waals surface area contributed by atoms with E-state index in [1.54, 1.807) is 4.90 Å². The molecule has 0 aromatic heterocycles. The molecule has 7 nitrogen and oxygen atoms in total. The van der Waals surface area contributed by atoms with E-state index >= 15 is 0 Å². The lowest BCUT2D eigenvalue weighted by Gasteiger charge is -2.39. The maximum atomic E-state index is 13.1. The van der Waals surface area contributed by atoms with E-state index in [1.165, 1.54) is 0 Å². The van der Waals surface area contributed by atoms with Crippen LogP contribution in [-0.4, -0.2) is 96.2 Å². The van der Waals surface area contributed by atoms with Gasteiger partial charge in [-0.3, -0.25) is 14.4 Å². The van der Waals surface area contributed by atoms with Crippen LogP contribution in [0.4, 0.5) is 0 Å². The third kappa shape index (κ3) is 4.50. The highest BCUT2D eigenvalue weighted by Crippen LogP contribution is 2.28. The SMILES string of the molecule is CN1CCN(C(=O)C2CCN(C(=O)C3CCCN3C(=O)C(C)(C)C)CC2)CC1. The molecule has 3 saturated heterocycles. The zero-order chi connectivity index (χ0) is 20.5. The molecular formula is C21H36N4O3. The summed E-state index contributed by atoms with van der Waals surface area (Å²) < 4.78 is 0.